The van der Waals surface area contributed by atoms with Crippen molar-refractivity contribution in [3.05, 3.63) is 36.0 Å². The number of carbonyl (C=O) groups excluding carboxylic acids is 6. The number of para-hydroxylation sites is 1. The van der Waals surface area contributed by atoms with Crippen molar-refractivity contribution in [2.75, 3.05) is 19.6 Å². The van der Waals surface area contributed by atoms with Gasteiger partial charge in [0.2, 0.25) is 35.4 Å². The van der Waals surface area contributed by atoms with E-state index in [0.29, 0.717) is 51.6 Å². The molecule has 3 fully saturated rings. The van der Waals surface area contributed by atoms with Crippen LogP contribution in [0.1, 0.15) is 71.8 Å². The minimum atomic E-state index is -1.03. The molecule has 1 aromatic carbocycles. The van der Waals surface area contributed by atoms with E-state index in [1.807, 2.05) is 58.2 Å². The van der Waals surface area contributed by atoms with E-state index in [-0.39, 0.29) is 30.7 Å². The number of aromatic nitrogens is 1. The molecule has 0 saturated carbocycles. The van der Waals surface area contributed by atoms with Crippen LogP contribution in [-0.2, 0) is 35.2 Å². The second kappa shape index (κ2) is 15.2. The summed E-state index contributed by atoms with van der Waals surface area (Å²) < 4.78 is 0. The minimum absolute atomic E-state index is 0.158. The van der Waals surface area contributed by atoms with Crippen molar-refractivity contribution in [2.24, 2.45) is 11.8 Å². The first-order valence-corrected chi connectivity index (χ1v) is 17.4. The summed E-state index contributed by atoms with van der Waals surface area (Å²) in [5, 5.41) is 12.3. The van der Waals surface area contributed by atoms with E-state index in [9.17, 15) is 28.8 Å². The zero-order valence-electron chi connectivity index (χ0n) is 28.3. The Bertz CT molecular complexity index is 1540. The van der Waals surface area contributed by atoms with E-state index in [2.05, 4.69) is 26.3 Å². The second-order valence-corrected chi connectivity index (χ2v) is 13.5. The van der Waals surface area contributed by atoms with E-state index in [1.54, 1.807) is 0 Å². The Kier molecular flexibility index (Phi) is 11.1. The van der Waals surface area contributed by atoms with Gasteiger partial charge in [-0.2, -0.15) is 0 Å². The molecular weight excluding hydrogens is 614 g/mol. The standard InChI is InChI=1S/C35H49N7O6/c1-5-20(3)29-33(46)38-25(17-22-18-36-24-12-8-7-11-23(22)24)34(47)41-15-9-13-26(41)31(44)37-19-28(43)39-30(21(4)6-2)35(48)42-16-10-14-27(42)32(45)40-29/h7-8,11-12,18,20-21,25-27,29-30,36H,5-6,9-10,13-17,19H2,1-4H3,(H,37,44)(H,38,46)(H,39,43)(H,40,45)/t20-,21-,25+,26-,27-,29-,30-/m0/s1. The highest BCUT2D eigenvalue weighted by atomic mass is 16.2. The Labute approximate surface area is 281 Å². The van der Waals surface area contributed by atoms with Gasteiger partial charge in [-0.25, -0.2) is 0 Å². The minimum Gasteiger partial charge on any atom is -0.361 e. The number of amides is 6. The number of fused-ring (bicyclic) bond motifs is 3. The predicted molar refractivity (Wildman–Crippen MR) is 179 cm³/mol. The number of carbonyl (C=O) groups is 6. The monoisotopic (exact) mass is 663 g/mol. The molecule has 13 heteroatoms. The Morgan fingerprint density at radius 3 is 2.06 bits per heavy atom. The first kappa shape index (κ1) is 34.9. The molecule has 260 valence electrons. The van der Waals surface area contributed by atoms with Crippen molar-refractivity contribution >= 4 is 46.3 Å². The van der Waals surface area contributed by atoms with Crippen molar-refractivity contribution in [1.82, 2.24) is 36.1 Å². The second-order valence-electron chi connectivity index (χ2n) is 13.5. The van der Waals surface area contributed by atoms with Crippen molar-refractivity contribution in [3.63, 3.8) is 0 Å². The number of rotatable bonds is 6. The molecule has 5 N–H and O–H groups in total. The maximum absolute atomic E-state index is 14.3. The first-order chi connectivity index (χ1) is 23.0. The molecular formula is C35H49N7O6. The van der Waals surface area contributed by atoms with Crippen LogP contribution in [0.3, 0.4) is 0 Å². The Morgan fingerprint density at radius 1 is 0.750 bits per heavy atom. The first-order valence-electron chi connectivity index (χ1n) is 17.4. The van der Waals surface area contributed by atoms with Crippen LogP contribution in [0.5, 0.6) is 0 Å². The molecule has 7 atom stereocenters. The molecule has 0 unspecified atom stereocenters. The van der Waals surface area contributed by atoms with Crippen LogP contribution in [0, 0.1) is 11.8 Å². The van der Waals surface area contributed by atoms with Crippen LogP contribution in [0.2, 0.25) is 0 Å². The summed E-state index contributed by atoms with van der Waals surface area (Å²) in [5.41, 5.74) is 1.71. The molecule has 5 rings (SSSR count). The third-order valence-corrected chi connectivity index (χ3v) is 10.4. The van der Waals surface area contributed by atoms with Gasteiger partial charge in [0.15, 0.2) is 0 Å². The number of nitrogens with zero attached hydrogens (tertiary/aromatic N) is 2. The van der Waals surface area contributed by atoms with Gasteiger partial charge in [-0.1, -0.05) is 58.7 Å². The van der Waals surface area contributed by atoms with Crippen LogP contribution in [-0.4, -0.2) is 100 Å². The lowest BCUT2D eigenvalue weighted by atomic mass is 9.96. The highest BCUT2D eigenvalue weighted by Crippen LogP contribution is 2.25. The van der Waals surface area contributed by atoms with E-state index >= 15 is 0 Å². The summed E-state index contributed by atoms with van der Waals surface area (Å²) in [5.74, 6) is -3.23. The maximum atomic E-state index is 14.3. The van der Waals surface area contributed by atoms with E-state index in [4.69, 9.17) is 0 Å². The lowest BCUT2D eigenvalue weighted by Crippen LogP contribution is -2.61. The normalized spacial score (nSPS) is 27.7. The molecule has 3 aliphatic heterocycles. The zero-order chi connectivity index (χ0) is 34.5. The van der Waals surface area contributed by atoms with Crippen LogP contribution in [0.15, 0.2) is 30.5 Å². The largest absolute Gasteiger partial charge is 0.361 e. The molecule has 2 aromatic rings. The molecule has 0 bridgehead atoms. The molecule has 4 heterocycles. The van der Waals surface area contributed by atoms with E-state index in [1.165, 1.54) is 9.80 Å². The molecule has 13 nitrogen and oxygen atoms in total. The number of hydrogen-bond donors (Lipinski definition) is 5. The zero-order valence-corrected chi connectivity index (χ0v) is 28.3. The number of H-pyrrole nitrogens is 1. The SMILES string of the molecule is CC[C@H](C)[C@@H]1NC(=O)[C@@H]2CCCN2C(=O)[C@H]([C@@H](C)CC)NC(=O)CNC(=O)[C@@H]2CCCN2C(=O)[C@@H](Cc2c[nH]c3ccccc23)NC1=O. The lowest BCUT2D eigenvalue weighted by molar-refractivity contribution is -0.144. The number of nitrogens with one attached hydrogen (secondary N) is 5. The van der Waals surface area contributed by atoms with Crippen molar-refractivity contribution in [2.45, 2.75) is 103 Å². The summed E-state index contributed by atoms with van der Waals surface area (Å²) in [7, 11) is 0. The molecule has 0 spiro atoms. The summed E-state index contributed by atoms with van der Waals surface area (Å²) in [4.78, 5) is 88.9. The average Bonchev–Trinajstić information content (AvgIpc) is 3.87. The van der Waals surface area contributed by atoms with Crippen LogP contribution >= 0.6 is 0 Å². The van der Waals surface area contributed by atoms with Gasteiger partial charge in [0.1, 0.15) is 30.2 Å². The molecule has 3 saturated heterocycles. The van der Waals surface area contributed by atoms with Crippen LogP contribution < -0.4 is 21.3 Å². The Balaban J connectivity index is 1.51. The Morgan fingerprint density at radius 2 is 1.38 bits per heavy atom. The molecule has 48 heavy (non-hydrogen) atoms. The maximum Gasteiger partial charge on any atom is 0.246 e. The van der Waals surface area contributed by atoms with E-state index < -0.39 is 59.7 Å². The van der Waals surface area contributed by atoms with Crippen molar-refractivity contribution in [1.29, 1.82) is 0 Å². The van der Waals surface area contributed by atoms with Gasteiger partial charge in [-0.15, -0.1) is 0 Å². The fourth-order valence-electron chi connectivity index (χ4n) is 7.11. The van der Waals surface area contributed by atoms with Gasteiger partial charge >= 0.3 is 0 Å². The summed E-state index contributed by atoms with van der Waals surface area (Å²) in [6, 6.07) is 3.14. The predicted octanol–water partition coefficient (Wildman–Crippen LogP) is 1.37. The fourth-order valence-corrected chi connectivity index (χ4v) is 7.11. The average molecular weight is 664 g/mol. The molecule has 1 aromatic heterocycles. The quantitative estimate of drug-likeness (QED) is 0.312. The molecule has 3 aliphatic rings. The van der Waals surface area contributed by atoms with Crippen molar-refractivity contribution in [3.8, 4) is 0 Å². The van der Waals surface area contributed by atoms with Crippen LogP contribution in [0.25, 0.3) is 10.9 Å². The highest BCUT2D eigenvalue weighted by molar-refractivity contribution is 5.98. The van der Waals surface area contributed by atoms with Gasteiger partial charge < -0.3 is 36.1 Å². The summed E-state index contributed by atoms with van der Waals surface area (Å²) >= 11 is 0. The third kappa shape index (κ3) is 7.34. The number of aromatic amines is 1. The number of benzene rings is 1. The van der Waals surface area contributed by atoms with Crippen molar-refractivity contribution < 1.29 is 28.8 Å². The van der Waals surface area contributed by atoms with Gasteiger partial charge in [0, 0.05) is 36.6 Å². The summed E-state index contributed by atoms with van der Waals surface area (Å²) in [6.07, 6.45) is 5.15. The van der Waals surface area contributed by atoms with Gasteiger partial charge in [-0.05, 0) is 49.1 Å². The molecule has 0 radical (unpaired) electrons. The van der Waals surface area contributed by atoms with Crippen LogP contribution in [0.4, 0.5) is 0 Å². The van der Waals surface area contributed by atoms with E-state index in [0.717, 1.165) is 16.5 Å². The van der Waals surface area contributed by atoms with Gasteiger partial charge in [0.05, 0.1) is 6.54 Å². The molecule has 6 amide bonds. The molecule has 0 aliphatic carbocycles. The smallest absolute Gasteiger partial charge is 0.246 e. The topological polar surface area (TPSA) is 173 Å². The van der Waals surface area contributed by atoms with Gasteiger partial charge in [-0.3, -0.25) is 28.8 Å². The Hall–Kier alpha value is -4.42. The van der Waals surface area contributed by atoms with Gasteiger partial charge in [0.25, 0.3) is 0 Å². The highest BCUT2D eigenvalue weighted by Gasteiger charge is 2.43. The lowest BCUT2D eigenvalue weighted by Gasteiger charge is -2.34. The number of hydrogen-bond acceptors (Lipinski definition) is 6. The fraction of sp³-hybridized carbons (Fsp3) is 0.600. The third-order valence-electron chi connectivity index (χ3n) is 10.4. The summed E-state index contributed by atoms with van der Waals surface area (Å²) in [6.45, 7) is 7.84.